The largest absolute Gasteiger partial charge is 0.465 e. The van der Waals surface area contributed by atoms with Crippen LogP contribution < -0.4 is 11.3 Å². The Morgan fingerprint density at radius 2 is 2.11 bits per heavy atom. The van der Waals surface area contributed by atoms with E-state index in [1.54, 1.807) is 29.0 Å². The average molecular weight is 398 g/mol. The van der Waals surface area contributed by atoms with Gasteiger partial charge >= 0.3 is 0 Å². The minimum absolute atomic E-state index is 0.0318. The smallest absolute Gasteiger partial charge is 0.261 e. The van der Waals surface area contributed by atoms with Gasteiger partial charge in [0.2, 0.25) is 0 Å². The molecule has 5 nitrogen and oxygen atoms in total. The maximum absolute atomic E-state index is 13.2. The molecule has 6 heteroatoms. The third-order valence-electron chi connectivity index (χ3n) is 5.55. The summed E-state index contributed by atoms with van der Waals surface area (Å²) in [6.07, 6.45) is 9.81. The van der Waals surface area contributed by atoms with Gasteiger partial charge in [0.15, 0.2) is 0 Å². The second kappa shape index (κ2) is 8.33. The van der Waals surface area contributed by atoms with Crippen molar-refractivity contribution in [1.29, 1.82) is 0 Å². The lowest BCUT2D eigenvalue weighted by Gasteiger charge is -2.29. The fraction of sp³-hybridized carbons (Fsp3) is 0.364. The molecule has 0 spiro atoms. The van der Waals surface area contributed by atoms with E-state index in [1.807, 2.05) is 24.3 Å². The zero-order valence-electron chi connectivity index (χ0n) is 15.7. The molecule has 3 aromatic rings. The molecule has 0 amide bonds. The Morgan fingerprint density at radius 3 is 2.89 bits per heavy atom. The number of nitrogens with zero attached hydrogens (tertiary/aromatic N) is 2. The quantitative estimate of drug-likeness (QED) is 0.683. The van der Waals surface area contributed by atoms with E-state index in [0.717, 1.165) is 19.3 Å². The van der Waals surface area contributed by atoms with Crippen LogP contribution in [-0.2, 0) is 6.54 Å². The summed E-state index contributed by atoms with van der Waals surface area (Å²) in [4.78, 5) is 18.0. The normalized spacial score (nSPS) is 20.2. The Hall–Kier alpha value is -2.37. The van der Waals surface area contributed by atoms with Crippen molar-refractivity contribution in [2.75, 3.05) is 6.54 Å². The van der Waals surface area contributed by atoms with Crippen LogP contribution in [0.1, 0.15) is 37.3 Å². The van der Waals surface area contributed by atoms with Gasteiger partial charge < -0.3 is 10.2 Å². The van der Waals surface area contributed by atoms with Crippen molar-refractivity contribution in [2.24, 2.45) is 17.6 Å². The second-order valence-electron chi connectivity index (χ2n) is 7.53. The second-order valence-corrected chi connectivity index (χ2v) is 7.97. The minimum Gasteiger partial charge on any atom is -0.465 e. The number of benzene rings is 1. The molecule has 2 atom stereocenters. The first-order valence-electron chi connectivity index (χ1n) is 9.76. The number of rotatable bonds is 5. The van der Waals surface area contributed by atoms with Gasteiger partial charge in [0, 0.05) is 11.6 Å². The molecular formula is C22H24ClN3O2. The highest BCUT2D eigenvalue weighted by Gasteiger charge is 2.23. The molecule has 0 aliphatic heterocycles. The summed E-state index contributed by atoms with van der Waals surface area (Å²) in [6, 6.07) is 8.92. The lowest BCUT2D eigenvalue weighted by atomic mass is 9.81. The minimum atomic E-state index is -0.0318. The summed E-state index contributed by atoms with van der Waals surface area (Å²) >= 11 is 6.12. The zero-order valence-corrected chi connectivity index (χ0v) is 16.4. The molecule has 0 bridgehead atoms. The first-order chi connectivity index (χ1) is 13.6. The number of hydrogen-bond acceptors (Lipinski definition) is 4. The van der Waals surface area contributed by atoms with Crippen LogP contribution in [0.5, 0.6) is 0 Å². The van der Waals surface area contributed by atoms with E-state index in [4.69, 9.17) is 26.7 Å². The van der Waals surface area contributed by atoms with Crippen LogP contribution in [0.15, 0.2) is 45.8 Å². The van der Waals surface area contributed by atoms with Gasteiger partial charge in [-0.15, -0.1) is 0 Å². The lowest BCUT2D eigenvalue weighted by Crippen LogP contribution is -2.31. The van der Waals surface area contributed by atoms with E-state index in [1.165, 1.54) is 6.42 Å². The van der Waals surface area contributed by atoms with Crippen molar-refractivity contribution in [1.82, 2.24) is 9.55 Å². The Balaban J connectivity index is 1.75. The summed E-state index contributed by atoms with van der Waals surface area (Å²) in [5.74, 6) is 2.31. The molecule has 1 saturated carbocycles. The lowest BCUT2D eigenvalue weighted by molar-refractivity contribution is 0.245. The SMILES string of the molecule is NCC1CCCC(Cn2c(C=Cc3ccco3)nc3cc(Cl)ccc3c2=O)C1. The number of hydrogen-bond donors (Lipinski definition) is 1. The molecule has 1 aliphatic rings. The summed E-state index contributed by atoms with van der Waals surface area (Å²) < 4.78 is 7.16. The van der Waals surface area contributed by atoms with E-state index in [0.29, 0.717) is 52.4 Å². The number of fused-ring (bicyclic) bond motifs is 1. The van der Waals surface area contributed by atoms with Gasteiger partial charge in [-0.2, -0.15) is 0 Å². The van der Waals surface area contributed by atoms with Crippen LogP contribution in [0, 0.1) is 11.8 Å². The Bertz CT molecular complexity index is 1040. The van der Waals surface area contributed by atoms with Crippen LogP contribution >= 0.6 is 11.6 Å². The van der Waals surface area contributed by atoms with Gasteiger partial charge in [-0.05, 0) is 80.1 Å². The van der Waals surface area contributed by atoms with Gasteiger partial charge in [0.25, 0.3) is 5.56 Å². The van der Waals surface area contributed by atoms with E-state index in [-0.39, 0.29) is 5.56 Å². The van der Waals surface area contributed by atoms with Gasteiger partial charge in [0.05, 0.1) is 17.2 Å². The molecule has 1 aromatic carbocycles. The van der Waals surface area contributed by atoms with E-state index in [9.17, 15) is 4.79 Å². The predicted molar refractivity (Wildman–Crippen MR) is 113 cm³/mol. The number of aromatic nitrogens is 2. The van der Waals surface area contributed by atoms with Crippen molar-refractivity contribution in [3.05, 3.63) is 63.6 Å². The summed E-state index contributed by atoms with van der Waals surface area (Å²) in [5, 5.41) is 1.15. The van der Waals surface area contributed by atoms with Crippen LogP contribution in [0.25, 0.3) is 23.1 Å². The van der Waals surface area contributed by atoms with Crippen molar-refractivity contribution in [3.63, 3.8) is 0 Å². The van der Waals surface area contributed by atoms with Gasteiger partial charge in [-0.25, -0.2) is 4.98 Å². The third kappa shape index (κ3) is 4.05. The van der Waals surface area contributed by atoms with E-state index in [2.05, 4.69) is 0 Å². The predicted octanol–water partition coefficient (Wildman–Crippen LogP) is 4.58. The Labute approximate surface area is 168 Å². The Kier molecular flexibility index (Phi) is 5.64. The van der Waals surface area contributed by atoms with Crippen LogP contribution in [0.3, 0.4) is 0 Å². The molecule has 1 aliphatic carbocycles. The molecule has 0 saturated heterocycles. The summed E-state index contributed by atoms with van der Waals surface area (Å²) in [6.45, 7) is 1.36. The topological polar surface area (TPSA) is 74.1 Å². The van der Waals surface area contributed by atoms with Gasteiger partial charge in [0.1, 0.15) is 11.6 Å². The van der Waals surface area contributed by atoms with Crippen molar-refractivity contribution >= 4 is 34.7 Å². The van der Waals surface area contributed by atoms with Gasteiger partial charge in [-0.1, -0.05) is 18.0 Å². The van der Waals surface area contributed by atoms with Crippen molar-refractivity contribution in [2.45, 2.75) is 32.2 Å². The number of halogens is 1. The number of nitrogens with two attached hydrogens (primary N) is 1. The summed E-state index contributed by atoms with van der Waals surface area (Å²) in [7, 11) is 0. The molecule has 1 fully saturated rings. The standard InChI is InChI=1S/C22H24ClN3O2/c23-17-6-8-19-20(12-17)25-21(9-7-18-5-2-10-28-18)26(22(19)27)14-16-4-1-3-15(11-16)13-24/h2,5-10,12,15-16H,1,3-4,11,13-14,24H2. The van der Waals surface area contributed by atoms with Crippen molar-refractivity contribution < 1.29 is 4.42 Å². The van der Waals surface area contributed by atoms with Crippen LogP contribution in [-0.4, -0.2) is 16.1 Å². The molecule has 2 unspecified atom stereocenters. The van der Waals surface area contributed by atoms with Crippen LogP contribution in [0.2, 0.25) is 5.02 Å². The van der Waals surface area contributed by atoms with E-state index < -0.39 is 0 Å². The maximum atomic E-state index is 13.2. The van der Waals surface area contributed by atoms with Crippen molar-refractivity contribution in [3.8, 4) is 0 Å². The fourth-order valence-corrected chi connectivity index (χ4v) is 4.26. The molecule has 2 heterocycles. The Morgan fingerprint density at radius 1 is 1.25 bits per heavy atom. The molecule has 28 heavy (non-hydrogen) atoms. The highest BCUT2D eigenvalue weighted by molar-refractivity contribution is 6.31. The molecule has 146 valence electrons. The van der Waals surface area contributed by atoms with E-state index >= 15 is 0 Å². The molecule has 0 radical (unpaired) electrons. The van der Waals surface area contributed by atoms with Gasteiger partial charge in [-0.3, -0.25) is 9.36 Å². The zero-order chi connectivity index (χ0) is 19.5. The number of furan rings is 1. The first-order valence-corrected chi connectivity index (χ1v) is 10.1. The molecule has 2 aromatic heterocycles. The third-order valence-corrected chi connectivity index (χ3v) is 5.79. The monoisotopic (exact) mass is 397 g/mol. The molecule has 4 rings (SSSR count). The summed E-state index contributed by atoms with van der Waals surface area (Å²) in [5.41, 5.74) is 6.47. The first kappa shape index (κ1) is 19.0. The molecular weight excluding hydrogens is 374 g/mol. The highest BCUT2D eigenvalue weighted by atomic mass is 35.5. The maximum Gasteiger partial charge on any atom is 0.261 e. The van der Waals surface area contributed by atoms with Crippen LogP contribution in [0.4, 0.5) is 0 Å². The fourth-order valence-electron chi connectivity index (χ4n) is 4.10. The molecule has 2 N–H and O–H groups in total. The average Bonchev–Trinajstić information content (AvgIpc) is 3.22. The highest BCUT2D eigenvalue weighted by Crippen LogP contribution is 2.29.